The fraction of sp³-hybridized carbons (Fsp3) is 0.500. The highest BCUT2D eigenvalue weighted by Gasteiger charge is 2.29. The number of fused-ring (bicyclic) bond motifs is 1. The van der Waals surface area contributed by atoms with Crippen LogP contribution in [0.2, 0.25) is 0 Å². The lowest BCUT2D eigenvalue weighted by Gasteiger charge is -2.21. The molecule has 3 heteroatoms. The Bertz CT molecular complexity index is 517. The molecule has 2 aromatic heterocycles. The van der Waals surface area contributed by atoms with Crippen molar-refractivity contribution in [1.29, 1.82) is 0 Å². The normalized spacial score (nSPS) is 28.7. The van der Waals surface area contributed by atoms with Gasteiger partial charge in [-0.15, -0.1) is 0 Å². The molecule has 1 saturated carbocycles. The molecule has 3 nitrogen and oxygen atoms in total. The molecule has 1 fully saturated rings. The quantitative estimate of drug-likeness (QED) is 0.857. The van der Waals surface area contributed by atoms with Crippen LogP contribution in [0.5, 0.6) is 0 Å². The lowest BCUT2D eigenvalue weighted by atomic mass is 9.98. The molecule has 0 amide bonds. The van der Waals surface area contributed by atoms with Crippen LogP contribution < -0.4 is 5.32 Å². The number of nitrogens with one attached hydrogen (secondary N) is 1. The van der Waals surface area contributed by atoms with Crippen LogP contribution >= 0.6 is 0 Å². The summed E-state index contributed by atoms with van der Waals surface area (Å²) in [6.07, 6.45) is 6.47. The van der Waals surface area contributed by atoms with Crippen molar-refractivity contribution < 1.29 is 0 Å². The van der Waals surface area contributed by atoms with E-state index in [1.807, 2.05) is 18.5 Å². The summed E-state index contributed by atoms with van der Waals surface area (Å²) in [5.41, 5.74) is 1.01. The Labute approximate surface area is 102 Å². The molecule has 3 atom stereocenters. The highest BCUT2D eigenvalue weighted by atomic mass is 15.1. The summed E-state index contributed by atoms with van der Waals surface area (Å²) in [6.45, 7) is 4.70. The van der Waals surface area contributed by atoms with Gasteiger partial charge in [0.1, 0.15) is 11.5 Å². The minimum atomic E-state index is 0.595. The Morgan fingerprint density at radius 1 is 1.29 bits per heavy atom. The topological polar surface area (TPSA) is 29.3 Å². The van der Waals surface area contributed by atoms with Gasteiger partial charge in [-0.05, 0) is 36.8 Å². The lowest BCUT2D eigenvalue weighted by Crippen LogP contribution is -2.25. The van der Waals surface area contributed by atoms with Crippen molar-refractivity contribution >= 4 is 11.5 Å². The minimum Gasteiger partial charge on any atom is -0.368 e. The molecule has 0 aromatic carbocycles. The Kier molecular flexibility index (Phi) is 2.54. The lowest BCUT2D eigenvalue weighted by molar-refractivity contribution is 0.435. The molecule has 0 bridgehead atoms. The number of hydrogen-bond donors (Lipinski definition) is 1. The number of rotatable bonds is 2. The summed E-state index contributed by atoms with van der Waals surface area (Å²) in [7, 11) is 0. The van der Waals surface area contributed by atoms with Crippen LogP contribution in [0.3, 0.4) is 0 Å². The number of pyridine rings is 1. The van der Waals surface area contributed by atoms with Crippen molar-refractivity contribution in [2.75, 3.05) is 5.32 Å². The smallest absolute Gasteiger partial charge is 0.138 e. The van der Waals surface area contributed by atoms with E-state index in [1.165, 1.54) is 12.8 Å². The summed E-state index contributed by atoms with van der Waals surface area (Å²) in [5, 5.41) is 3.67. The first-order valence-corrected chi connectivity index (χ1v) is 6.44. The first-order valence-electron chi connectivity index (χ1n) is 6.44. The highest BCUT2D eigenvalue weighted by molar-refractivity contribution is 5.50. The standard InChI is InChI=1S/C14H19N3/c1-10-6-7-12(11(10)2)16-14-5-3-4-13-15-8-9-17(13)14/h3-5,8-12,16H,6-7H2,1-2H3. The van der Waals surface area contributed by atoms with Gasteiger partial charge in [-0.2, -0.15) is 0 Å². The summed E-state index contributed by atoms with van der Waals surface area (Å²) in [4.78, 5) is 4.31. The molecule has 0 spiro atoms. The fourth-order valence-corrected chi connectivity index (χ4v) is 2.82. The first kappa shape index (κ1) is 10.6. The second-order valence-electron chi connectivity index (χ2n) is 5.23. The zero-order valence-corrected chi connectivity index (χ0v) is 10.4. The summed E-state index contributed by atoms with van der Waals surface area (Å²) in [6, 6.07) is 6.82. The van der Waals surface area contributed by atoms with Crippen LogP contribution in [-0.2, 0) is 0 Å². The SMILES string of the molecule is CC1CCC(Nc2cccc3nccn23)C1C. The van der Waals surface area contributed by atoms with Crippen LogP contribution in [0.4, 0.5) is 5.82 Å². The fourth-order valence-electron chi connectivity index (χ4n) is 2.82. The van der Waals surface area contributed by atoms with Crippen molar-refractivity contribution in [3.05, 3.63) is 30.6 Å². The second-order valence-corrected chi connectivity index (χ2v) is 5.23. The molecule has 2 heterocycles. The van der Waals surface area contributed by atoms with Gasteiger partial charge in [0, 0.05) is 18.4 Å². The zero-order chi connectivity index (χ0) is 11.8. The Hall–Kier alpha value is -1.51. The van der Waals surface area contributed by atoms with Crippen LogP contribution in [-0.4, -0.2) is 15.4 Å². The van der Waals surface area contributed by atoms with Gasteiger partial charge in [0.2, 0.25) is 0 Å². The van der Waals surface area contributed by atoms with Gasteiger partial charge < -0.3 is 5.32 Å². The van der Waals surface area contributed by atoms with Gasteiger partial charge in [0.15, 0.2) is 0 Å². The number of nitrogens with zero attached hydrogens (tertiary/aromatic N) is 2. The van der Waals surface area contributed by atoms with E-state index >= 15 is 0 Å². The molecule has 0 saturated heterocycles. The molecule has 2 aromatic rings. The van der Waals surface area contributed by atoms with E-state index in [0.717, 1.165) is 23.3 Å². The van der Waals surface area contributed by atoms with Crippen molar-refractivity contribution in [2.45, 2.75) is 32.7 Å². The van der Waals surface area contributed by atoms with E-state index in [0.29, 0.717) is 6.04 Å². The molecule has 3 unspecified atom stereocenters. The van der Waals surface area contributed by atoms with Crippen molar-refractivity contribution in [3.63, 3.8) is 0 Å². The van der Waals surface area contributed by atoms with Crippen molar-refractivity contribution in [3.8, 4) is 0 Å². The predicted octanol–water partition coefficient (Wildman–Crippen LogP) is 3.18. The maximum absolute atomic E-state index is 4.31. The average molecular weight is 229 g/mol. The van der Waals surface area contributed by atoms with E-state index in [-0.39, 0.29) is 0 Å². The van der Waals surface area contributed by atoms with Gasteiger partial charge in [-0.3, -0.25) is 4.40 Å². The molecule has 0 aliphatic heterocycles. The van der Waals surface area contributed by atoms with E-state index in [9.17, 15) is 0 Å². The number of imidazole rings is 1. The largest absolute Gasteiger partial charge is 0.368 e. The predicted molar refractivity (Wildman–Crippen MR) is 70.2 cm³/mol. The number of anilines is 1. The molecule has 1 N–H and O–H groups in total. The molecule has 1 aliphatic carbocycles. The molecule has 0 radical (unpaired) electrons. The van der Waals surface area contributed by atoms with E-state index in [1.54, 1.807) is 0 Å². The zero-order valence-electron chi connectivity index (χ0n) is 10.4. The van der Waals surface area contributed by atoms with E-state index < -0.39 is 0 Å². The maximum atomic E-state index is 4.31. The van der Waals surface area contributed by atoms with Gasteiger partial charge in [0.25, 0.3) is 0 Å². The molecule has 17 heavy (non-hydrogen) atoms. The van der Waals surface area contributed by atoms with Crippen LogP contribution in [0.1, 0.15) is 26.7 Å². The molecular weight excluding hydrogens is 210 g/mol. The third kappa shape index (κ3) is 1.79. The summed E-state index contributed by atoms with van der Waals surface area (Å²) >= 11 is 0. The van der Waals surface area contributed by atoms with Crippen LogP contribution in [0.15, 0.2) is 30.6 Å². The molecule has 90 valence electrons. The van der Waals surface area contributed by atoms with Crippen LogP contribution in [0, 0.1) is 11.8 Å². The Balaban J connectivity index is 1.88. The molecule has 1 aliphatic rings. The summed E-state index contributed by atoms with van der Waals surface area (Å²) in [5.74, 6) is 2.73. The van der Waals surface area contributed by atoms with E-state index in [4.69, 9.17) is 0 Å². The average Bonchev–Trinajstić information content (AvgIpc) is 2.91. The van der Waals surface area contributed by atoms with Gasteiger partial charge in [-0.25, -0.2) is 4.98 Å². The highest BCUT2D eigenvalue weighted by Crippen LogP contribution is 2.33. The van der Waals surface area contributed by atoms with Gasteiger partial charge in [0.05, 0.1) is 0 Å². The van der Waals surface area contributed by atoms with Gasteiger partial charge in [-0.1, -0.05) is 19.9 Å². The third-order valence-electron chi connectivity index (χ3n) is 4.23. The van der Waals surface area contributed by atoms with E-state index in [2.05, 4.69) is 40.7 Å². The maximum Gasteiger partial charge on any atom is 0.138 e. The number of aromatic nitrogens is 2. The minimum absolute atomic E-state index is 0.595. The van der Waals surface area contributed by atoms with Crippen molar-refractivity contribution in [2.24, 2.45) is 11.8 Å². The van der Waals surface area contributed by atoms with Gasteiger partial charge >= 0.3 is 0 Å². The first-order chi connectivity index (χ1) is 8.25. The summed E-state index contributed by atoms with van der Waals surface area (Å²) < 4.78 is 2.12. The monoisotopic (exact) mass is 229 g/mol. The van der Waals surface area contributed by atoms with Crippen LogP contribution in [0.25, 0.3) is 5.65 Å². The second kappa shape index (κ2) is 4.06. The molecule has 3 rings (SSSR count). The third-order valence-corrected chi connectivity index (χ3v) is 4.23. The number of hydrogen-bond acceptors (Lipinski definition) is 2. The Morgan fingerprint density at radius 3 is 2.94 bits per heavy atom. The Morgan fingerprint density at radius 2 is 2.18 bits per heavy atom. The van der Waals surface area contributed by atoms with Crippen molar-refractivity contribution in [1.82, 2.24) is 9.38 Å². The molecular formula is C14H19N3.